The second-order valence-electron chi connectivity index (χ2n) is 6.79. The highest BCUT2D eigenvalue weighted by Crippen LogP contribution is 2.37. The van der Waals surface area contributed by atoms with Crippen LogP contribution in [0.15, 0.2) is 18.2 Å². The Morgan fingerprint density at radius 3 is 1.68 bits per heavy atom. The molecule has 22 heavy (non-hydrogen) atoms. The Kier molecular flexibility index (Phi) is 4.65. The van der Waals surface area contributed by atoms with Crippen LogP contribution in [-0.4, -0.2) is 0 Å². The molecule has 0 radical (unpaired) electrons. The van der Waals surface area contributed by atoms with Crippen molar-refractivity contribution in [1.29, 1.82) is 0 Å². The van der Waals surface area contributed by atoms with Crippen LogP contribution in [0.2, 0.25) is 0 Å². The fourth-order valence-electron chi connectivity index (χ4n) is 3.05. The zero-order valence-corrected chi connectivity index (χ0v) is 15.2. The van der Waals surface area contributed by atoms with Crippen molar-refractivity contribution in [2.45, 2.75) is 61.3 Å². The first-order chi connectivity index (χ1) is 10.2. The summed E-state index contributed by atoms with van der Waals surface area (Å²) in [6.45, 7) is 17.5. The summed E-state index contributed by atoms with van der Waals surface area (Å²) in [6, 6.07) is 6.45. The molecule has 0 fully saturated rings. The number of hydrogen-bond donors (Lipinski definition) is 0. The molecule has 0 unspecified atom stereocenters. The first kappa shape index (κ1) is 16.6. The predicted molar refractivity (Wildman–Crippen MR) is 95.5 cm³/mol. The number of hydrogen-bond acceptors (Lipinski definition) is 1. The van der Waals surface area contributed by atoms with E-state index in [1.165, 1.54) is 38.9 Å². The van der Waals surface area contributed by atoms with E-state index in [-0.39, 0.29) is 0 Å². The van der Waals surface area contributed by atoms with Gasteiger partial charge >= 0.3 is 0 Å². The molecule has 0 aromatic heterocycles. The fourth-order valence-corrected chi connectivity index (χ4v) is 3.05. The molecule has 0 saturated heterocycles. The van der Waals surface area contributed by atoms with Gasteiger partial charge in [-0.05, 0) is 99.0 Å². The normalized spacial score (nSPS) is 11.1. The average molecular weight is 296 g/mol. The molecule has 0 heterocycles. The Hall–Kier alpha value is -1.76. The summed E-state index contributed by atoms with van der Waals surface area (Å²) in [4.78, 5) is 0. The third kappa shape index (κ3) is 3.04. The molecule has 0 spiro atoms. The summed E-state index contributed by atoms with van der Waals surface area (Å²) < 4.78 is 6.30. The zero-order valence-electron chi connectivity index (χ0n) is 15.2. The van der Waals surface area contributed by atoms with Crippen LogP contribution in [0.1, 0.15) is 58.7 Å². The van der Waals surface area contributed by atoms with E-state index in [2.05, 4.69) is 73.6 Å². The van der Waals surface area contributed by atoms with E-state index in [1.54, 1.807) is 0 Å². The molecule has 0 bridgehead atoms. The van der Waals surface area contributed by atoms with Gasteiger partial charge in [0.25, 0.3) is 0 Å². The Morgan fingerprint density at radius 2 is 1.18 bits per heavy atom. The van der Waals surface area contributed by atoms with Crippen molar-refractivity contribution in [1.82, 2.24) is 0 Å². The van der Waals surface area contributed by atoms with Crippen molar-refractivity contribution in [3.8, 4) is 11.5 Å². The van der Waals surface area contributed by atoms with E-state index in [9.17, 15) is 0 Å². The molecule has 2 aromatic rings. The quantitative estimate of drug-likeness (QED) is 0.632. The maximum atomic E-state index is 6.30. The Morgan fingerprint density at radius 1 is 0.682 bits per heavy atom. The van der Waals surface area contributed by atoms with Crippen LogP contribution in [0.25, 0.3) is 0 Å². The second-order valence-corrected chi connectivity index (χ2v) is 6.79. The van der Waals surface area contributed by atoms with Crippen molar-refractivity contribution >= 4 is 0 Å². The van der Waals surface area contributed by atoms with Crippen molar-refractivity contribution in [3.05, 3.63) is 57.1 Å². The van der Waals surface area contributed by atoms with Gasteiger partial charge in [0.1, 0.15) is 11.5 Å². The van der Waals surface area contributed by atoms with Crippen LogP contribution in [0.3, 0.4) is 0 Å². The standard InChI is InChI=1S/C21H28O/c1-12(2)21-18(8)17(7)15(5)11-20(21)22-19-9-13(3)16(6)14(4)10-19/h9-12H,1-8H3. The van der Waals surface area contributed by atoms with Crippen LogP contribution < -0.4 is 4.74 Å². The monoisotopic (exact) mass is 296 g/mol. The summed E-state index contributed by atoms with van der Waals surface area (Å²) >= 11 is 0. The highest BCUT2D eigenvalue weighted by Gasteiger charge is 2.16. The number of ether oxygens (including phenoxy) is 1. The summed E-state index contributed by atoms with van der Waals surface area (Å²) in [7, 11) is 0. The number of aryl methyl sites for hydroxylation is 3. The first-order valence-electron chi connectivity index (χ1n) is 8.08. The molecule has 1 heteroatoms. The molecular formula is C21H28O. The minimum atomic E-state index is 0.446. The Bertz CT molecular complexity index is 685. The molecule has 0 atom stereocenters. The van der Waals surface area contributed by atoms with Crippen molar-refractivity contribution in [3.63, 3.8) is 0 Å². The van der Waals surface area contributed by atoms with E-state index in [0.717, 1.165) is 11.5 Å². The minimum absolute atomic E-state index is 0.446. The molecule has 2 rings (SSSR count). The van der Waals surface area contributed by atoms with Gasteiger partial charge in [-0.1, -0.05) is 13.8 Å². The molecule has 2 aromatic carbocycles. The minimum Gasteiger partial charge on any atom is -0.457 e. The molecule has 0 aliphatic rings. The van der Waals surface area contributed by atoms with Crippen LogP contribution >= 0.6 is 0 Å². The fraction of sp³-hybridized carbons (Fsp3) is 0.429. The highest BCUT2D eigenvalue weighted by atomic mass is 16.5. The van der Waals surface area contributed by atoms with Gasteiger partial charge in [-0.15, -0.1) is 0 Å². The zero-order chi connectivity index (χ0) is 16.6. The van der Waals surface area contributed by atoms with Crippen LogP contribution in [0.4, 0.5) is 0 Å². The first-order valence-corrected chi connectivity index (χ1v) is 8.08. The van der Waals surface area contributed by atoms with Gasteiger partial charge in [0, 0.05) is 5.56 Å². The predicted octanol–water partition coefficient (Wildman–Crippen LogP) is 6.45. The van der Waals surface area contributed by atoms with Crippen molar-refractivity contribution in [2.75, 3.05) is 0 Å². The topological polar surface area (TPSA) is 9.23 Å². The summed E-state index contributed by atoms with van der Waals surface area (Å²) in [5.74, 6) is 2.38. The maximum Gasteiger partial charge on any atom is 0.131 e. The van der Waals surface area contributed by atoms with E-state index >= 15 is 0 Å². The molecular weight excluding hydrogens is 268 g/mol. The second kappa shape index (κ2) is 6.16. The van der Waals surface area contributed by atoms with E-state index in [0.29, 0.717) is 5.92 Å². The van der Waals surface area contributed by atoms with Gasteiger partial charge in [-0.2, -0.15) is 0 Å². The molecule has 0 N–H and O–H groups in total. The third-order valence-electron chi connectivity index (χ3n) is 4.88. The summed E-state index contributed by atoms with van der Waals surface area (Å²) in [6.07, 6.45) is 0. The van der Waals surface area contributed by atoms with Gasteiger partial charge < -0.3 is 4.74 Å². The number of benzene rings is 2. The van der Waals surface area contributed by atoms with Gasteiger partial charge in [0.05, 0.1) is 0 Å². The molecule has 0 aliphatic heterocycles. The van der Waals surface area contributed by atoms with Gasteiger partial charge in [-0.25, -0.2) is 0 Å². The maximum absolute atomic E-state index is 6.30. The summed E-state index contributed by atoms with van der Waals surface area (Å²) in [5.41, 5.74) is 9.23. The van der Waals surface area contributed by atoms with Crippen LogP contribution in [0.5, 0.6) is 11.5 Å². The van der Waals surface area contributed by atoms with Crippen LogP contribution in [0, 0.1) is 41.5 Å². The number of rotatable bonds is 3. The summed E-state index contributed by atoms with van der Waals surface area (Å²) in [5, 5.41) is 0. The molecule has 0 aliphatic carbocycles. The third-order valence-corrected chi connectivity index (χ3v) is 4.88. The molecule has 1 nitrogen and oxygen atoms in total. The van der Waals surface area contributed by atoms with E-state index in [4.69, 9.17) is 4.74 Å². The lowest BCUT2D eigenvalue weighted by molar-refractivity contribution is 0.470. The Labute approximate surface area is 135 Å². The highest BCUT2D eigenvalue weighted by molar-refractivity contribution is 5.52. The Balaban J connectivity index is 2.54. The molecule has 0 amide bonds. The largest absolute Gasteiger partial charge is 0.457 e. The van der Waals surface area contributed by atoms with Crippen molar-refractivity contribution in [2.24, 2.45) is 0 Å². The van der Waals surface area contributed by atoms with E-state index < -0.39 is 0 Å². The van der Waals surface area contributed by atoms with Gasteiger partial charge in [0.2, 0.25) is 0 Å². The van der Waals surface area contributed by atoms with Crippen LogP contribution in [-0.2, 0) is 0 Å². The molecule has 118 valence electrons. The van der Waals surface area contributed by atoms with Gasteiger partial charge in [-0.3, -0.25) is 0 Å². The lowest BCUT2D eigenvalue weighted by Gasteiger charge is -2.20. The molecule has 0 saturated carbocycles. The lowest BCUT2D eigenvalue weighted by Crippen LogP contribution is -2.02. The van der Waals surface area contributed by atoms with E-state index in [1.807, 2.05) is 0 Å². The average Bonchev–Trinajstić information content (AvgIpc) is 2.41. The SMILES string of the molecule is Cc1cc(Oc2cc(C)c(C)c(C)c2C(C)C)cc(C)c1C. The smallest absolute Gasteiger partial charge is 0.131 e. The lowest BCUT2D eigenvalue weighted by atomic mass is 9.91. The van der Waals surface area contributed by atoms with Gasteiger partial charge in [0.15, 0.2) is 0 Å². The van der Waals surface area contributed by atoms with Crippen molar-refractivity contribution < 1.29 is 4.74 Å².